The molecule has 0 bridgehead atoms. The van der Waals surface area contributed by atoms with E-state index in [2.05, 4.69) is 5.32 Å². The van der Waals surface area contributed by atoms with Crippen LogP contribution in [0, 0.1) is 12.8 Å². The van der Waals surface area contributed by atoms with Crippen LogP contribution in [0.2, 0.25) is 0 Å². The van der Waals surface area contributed by atoms with E-state index in [4.69, 9.17) is 5.11 Å². The minimum atomic E-state index is -4.48. The average Bonchev–Trinajstić information content (AvgIpc) is 2.28. The number of hydrogen-bond donors (Lipinski definition) is 2. The van der Waals surface area contributed by atoms with Crippen LogP contribution in [-0.2, 0) is 15.8 Å². The van der Waals surface area contributed by atoms with Gasteiger partial charge < -0.3 is 10.4 Å². The summed E-state index contributed by atoms with van der Waals surface area (Å²) in [6, 6.07) is 3.09. The van der Waals surface area contributed by atoms with Crippen LogP contribution in [0.3, 0.4) is 0 Å². The van der Waals surface area contributed by atoms with Crippen LogP contribution in [0.25, 0.3) is 0 Å². The summed E-state index contributed by atoms with van der Waals surface area (Å²) in [5, 5.41) is 11.0. The second-order valence-corrected chi connectivity index (χ2v) is 4.98. The van der Waals surface area contributed by atoms with Gasteiger partial charge in [-0.1, -0.05) is 13.0 Å². The Labute approximate surface area is 120 Å². The van der Waals surface area contributed by atoms with Crippen LogP contribution in [0.1, 0.15) is 30.9 Å². The molecule has 0 saturated heterocycles. The molecule has 0 fully saturated rings. The number of aryl methyl sites for hydroxylation is 1. The number of anilines is 1. The Morgan fingerprint density at radius 2 is 1.90 bits per heavy atom. The maximum atomic E-state index is 12.6. The van der Waals surface area contributed by atoms with Crippen LogP contribution in [0.4, 0.5) is 18.9 Å². The van der Waals surface area contributed by atoms with E-state index < -0.39 is 29.5 Å². The zero-order chi connectivity index (χ0) is 16.2. The highest BCUT2D eigenvalue weighted by atomic mass is 19.4. The lowest BCUT2D eigenvalue weighted by atomic mass is 10.0. The SMILES string of the molecule is Cc1ccc(C(F)(F)F)cc1NC(=O)CC(C)CC(=O)O. The second kappa shape index (κ2) is 6.60. The molecule has 0 spiro atoms. The second-order valence-electron chi connectivity index (χ2n) is 4.98. The third-order valence-corrected chi connectivity index (χ3v) is 2.90. The first-order chi connectivity index (χ1) is 9.59. The Bertz CT molecular complexity index is 541. The average molecular weight is 303 g/mol. The third-order valence-electron chi connectivity index (χ3n) is 2.90. The predicted octanol–water partition coefficient (Wildman–Crippen LogP) is 3.45. The number of hydrogen-bond acceptors (Lipinski definition) is 2. The zero-order valence-electron chi connectivity index (χ0n) is 11.6. The molecule has 1 rings (SSSR count). The molecule has 2 N–H and O–H groups in total. The Balaban J connectivity index is 2.78. The maximum absolute atomic E-state index is 12.6. The molecule has 1 aromatic carbocycles. The first kappa shape index (κ1) is 17.0. The molecule has 21 heavy (non-hydrogen) atoms. The van der Waals surface area contributed by atoms with Crippen molar-refractivity contribution in [2.24, 2.45) is 5.92 Å². The van der Waals surface area contributed by atoms with Gasteiger partial charge in [-0.2, -0.15) is 13.2 Å². The highest BCUT2D eigenvalue weighted by molar-refractivity contribution is 5.92. The molecular weight excluding hydrogens is 287 g/mol. The molecule has 1 unspecified atom stereocenters. The summed E-state index contributed by atoms with van der Waals surface area (Å²) in [4.78, 5) is 22.2. The molecule has 0 aromatic heterocycles. The van der Waals surface area contributed by atoms with Gasteiger partial charge in [-0.25, -0.2) is 0 Å². The van der Waals surface area contributed by atoms with Crippen molar-refractivity contribution in [3.05, 3.63) is 29.3 Å². The fourth-order valence-corrected chi connectivity index (χ4v) is 1.82. The normalized spacial score (nSPS) is 12.8. The van der Waals surface area contributed by atoms with Crippen LogP contribution < -0.4 is 5.32 Å². The first-order valence-corrected chi connectivity index (χ1v) is 6.29. The van der Waals surface area contributed by atoms with Gasteiger partial charge in [0, 0.05) is 18.5 Å². The molecule has 116 valence electrons. The molecule has 4 nitrogen and oxygen atoms in total. The van der Waals surface area contributed by atoms with E-state index >= 15 is 0 Å². The van der Waals surface area contributed by atoms with Gasteiger partial charge in [0.15, 0.2) is 0 Å². The summed E-state index contributed by atoms with van der Waals surface area (Å²) in [6.45, 7) is 3.17. The quantitative estimate of drug-likeness (QED) is 0.875. The summed E-state index contributed by atoms with van der Waals surface area (Å²) in [7, 11) is 0. The number of nitrogens with one attached hydrogen (secondary N) is 1. The van der Waals surface area contributed by atoms with Crippen molar-refractivity contribution >= 4 is 17.6 Å². The van der Waals surface area contributed by atoms with Crippen molar-refractivity contribution in [1.29, 1.82) is 0 Å². The molecule has 1 aromatic rings. The topological polar surface area (TPSA) is 66.4 Å². The zero-order valence-corrected chi connectivity index (χ0v) is 11.6. The lowest BCUT2D eigenvalue weighted by Gasteiger charge is -2.14. The predicted molar refractivity (Wildman–Crippen MR) is 70.8 cm³/mol. The van der Waals surface area contributed by atoms with Crippen molar-refractivity contribution in [1.82, 2.24) is 0 Å². The highest BCUT2D eigenvalue weighted by Crippen LogP contribution is 2.32. The number of carbonyl (C=O) groups is 2. The van der Waals surface area contributed by atoms with Gasteiger partial charge in [0.05, 0.1) is 5.56 Å². The monoisotopic (exact) mass is 303 g/mol. The van der Waals surface area contributed by atoms with E-state index in [9.17, 15) is 22.8 Å². The number of benzene rings is 1. The minimum Gasteiger partial charge on any atom is -0.481 e. The molecule has 7 heteroatoms. The fourth-order valence-electron chi connectivity index (χ4n) is 1.82. The molecule has 0 heterocycles. The van der Waals surface area contributed by atoms with Gasteiger partial charge in [0.2, 0.25) is 5.91 Å². The van der Waals surface area contributed by atoms with Crippen molar-refractivity contribution in [3.63, 3.8) is 0 Å². The van der Waals surface area contributed by atoms with Gasteiger partial charge in [-0.15, -0.1) is 0 Å². The number of halogens is 3. The van der Waals surface area contributed by atoms with Crippen LogP contribution in [-0.4, -0.2) is 17.0 Å². The highest BCUT2D eigenvalue weighted by Gasteiger charge is 2.31. The largest absolute Gasteiger partial charge is 0.481 e. The number of carboxylic acids is 1. The molecule has 1 amide bonds. The number of alkyl halides is 3. The summed E-state index contributed by atoms with van der Waals surface area (Å²) in [5.74, 6) is -1.93. The van der Waals surface area contributed by atoms with E-state index in [0.717, 1.165) is 12.1 Å². The summed E-state index contributed by atoms with van der Waals surface area (Å²) in [6.07, 6.45) is -4.72. The summed E-state index contributed by atoms with van der Waals surface area (Å²) < 4.78 is 37.8. The van der Waals surface area contributed by atoms with Gasteiger partial charge in [0.1, 0.15) is 0 Å². The molecule has 0 aliphatic carbocycles. The standard InChI is InChI=1S/C14H16F3NO3/c1-8(6-13(20)21)5-12(19)18-11-7-10(14(15,16)17)4-3-9(11)2/h3-4,7-8H,5-6H2,1-2H3,(H,18,19)(H,20,21). The van der Waals surface area contributed by atoms with Crippen LogP contribution in [0.15, 0.2) is 18.2 Å². The number of rotatable bonds is 5. The Hall–Kier alpha value is -2.05. The van der Waals surface area contributed by atoms with Gasteiger partial charge in [-0.3, -0.25) is 9.59 Å². The van der Waals surface area contributed by atoms with E-state index in [1.54, 1.807) is 13.8 Å². The third kappa shape index (κ3) is 5.45. The van der Waals surface area contributed by atoms with Crippen LogP contribution >= 0.6 is 0 Å². The van der Waals surface area contributed by atoms with E-state index in [1.165, 1.54) is 6.07 Å². The van der Waals surface area contributed by atoms with Crippen molar-refractivity contribution < 1.29 is 27.9 Å². The summed E-state index contributed by atoms with van der Waals surface area (Å²) >= 11 is 0. The molecule has 1 atom stereocenters. The molecule has 0 saturated carbocycles. The number of aliphatic carboxylic acids is 1. The van der Waals surface area contributed by atoms with Crippen molar-refractivity contribution in [2.45, 2.75) is 32.9 Å². The molecule has 0 aliphatic rings. The van der Waals surface area contributed by atoms with Crippen molar-refractivity contribution in [2.75, 3.05) is 5.32 Å². The van der Waals surface area contributed by atoms with E-state index in [-0.39, 0.29) is 18.5 Å². The lowest BCUT2D eigenvalue weighted by Crippen LogP contribution is -2.18. The summed E-state index contributed by atoms with van der Waals surface area (Å²) in [5.41, 5.74) is -0.262. The van der Waals surface area contributed by atoms with E-state index in [0.29, 0.717) is 5.56 Å². The molecule has 0 radical (unpaired) electrons. The smallest absolute Gasteiger partial charge is 0.416 e. The number of carbonyl (C=O) groups excluding carboxylic acids is 1. The molecule has 0 aliphatic heterocycles. The van der Waals surface area contributed by atoms with Crippen molar-refractivity contribution in [3.8, 4) is 0 Å². The Morgan fingerprint density at radius 1 is 1.29 bits per heavy atom. The Morgan fingerprint density at radius 3 is 2.43 bits per heavy atom. The lowest BCUT2D eigenvalue weighted by molar-refractivity contribution is -0.138. The fraction of sp³-hybridized carbons (Fsp3) is 0.429. The van der Waals surface area contributed by atoms with E-state index in [1.807, 2.05) is 0 Å². The van der Waals surface area contributed by atoms with Gasteiger partial charge >= 0.3 is 12.1 Å². The van der Waals surface area contributed by atoms with Crippen LogP contribution in [0.5, 0.6) is 0 Å². The maximum Gasteiger partial charge on any atom is 0.416 e. The van der Waals surface area contributed by atoms with Gasteiger partial charge in [0.25, 0.3) is 0 Å². The number of carboxylic acid groups (broad SMARTS) is 1. The first-order valence-electron chi connectivity index (χ1n) is 6.29. The minimum absolute atomic E-state index is 0.0675. The van der Waals surface area contributed by atoms with Gasteiger partial charge in [-0.05, 0) is 30.5 Å². The number of amides is 1. The molecular formula is C14H16F3NO3. The Kier molecular flexibility index (Phi) is 5.34.